The lowest BCUT2D eigenvalue weighted by molar-refractivity contribution is -0.150. The van der Waals surface area contributed by atoms with Gasteiger partial charge < -0.3 is 4.90 Å². The number of hydrogen-bond acceptors (Lipinski definition) is 6. The molecule has 0 saturated carbocycles. The molecule has 0 spiro atoms. The number of likely N-dealkylation sites (N-methyl/N-ethyl adjacent to an activating group) is 1. The highest BCUT2D eigenvalue weighted by Gasteiger charge is 2.31. The molecule has 111 valence electrons. The highest BCUT2D eigenvalue weighted by Crippen LogP contribution is 2.48. The molecule has 0 rings (SSSR count). The van der Waals surface area contributed by atoms with Crippen molar-refractivity contribution in [2.24, 2.45) is 0 Å². The summed E-state index contributed by atoms with van der Waals surface area (Å²) in [6.45, 7) is 7.46. The van der Waals surface area contributed by atoms with Gasteiger partial charge in [-0.3, -0.25) is 18.6 Å². The lowest BCUT2D eigenvalue weighted by Gasteiger charge is -2.18. The van der Waals surface area contributed by atoms with E-state index in [0.717, 1.165) is 0 Å². The summed E-state index contributed by atoms with van der Waals surface area (Å²) >= 11 is 0. The average Bonchev–Trinajstić information content (AvgIpc) is 2.38. The van der Waals surface area contributed by atoms with Crippen LogP contribution in [0.1, 0.15) is 27.7 Å². The van der Waals surface area contributed by atoms with Gasteiger partial charge in [0.15, 0.2) is 0 Å². The van der Waals surface area contributed by atoms with Crippen LogP contribution in [0.5, 0.6) is 0 Å². The summed E-state index contributed by atoms with van der Waals surface area (Å²) in [5, 5.41) is 0. The van der Waals surface area contributed by atoms with Crippen LogP contribution in [0.3, 0.4) is 0 Å². The summed E-state index contributed by atoms with van der Waals surface area (Å²) in [6, 6.07) is 0. The maximum atomic E-state index is 11.8. The number of carbonyl (C=O) groups excluding carboxylic acids is 2. The zero-order chi connectivity index (χ0) is 14.9. The fourth-order valence-corrected chi connectivity index (χ4v) is 2.15. The molecule has 0 atom stereocenters. The van der Waals surface area contributed by atoms with Gasteiger partial charge in [0.05, 0.1) is 13.2 Å². The van der Waals surface area contributed by atoms with Crippen LogP contribution in [-0.2, 0) is 27.8 Å². The van der Waals surface area contributed by atoms with Crippen molar-refractivity contribution in [3.05, 3.63) is 0 Å². The van der Waals surface area contributed by atoms with Gasteiger partial charge in [0, 0.05) is 13.1 Å². The summed E-state index contributed by atoms with van der Waals surface area (Å²) in [6.07, 6.45) is 0. The molecule has 0 aromatic carbocycles. The third-order valence-electron chi connectivity index (χ3n) is 2.03. The van der Waals surface area contributed by atoms with Gasteiger partial charge in [-0.05, 0) is 27.7 Å². The Morgan fingerprint density at radius 2 is 1.53 bits per heavy atom. The molecule has 0 aliphatic heterocycles. The summed E-state index contributed by atoms with van der Waals surface area (Å²) in [7, 11) is -3.92. The lowest BCUT2D eigenvalue weighted by atomic mass is 10.4. The van der Waals surface area contributed by atoms with Crippen molar-refractivity contribution in [1.29, 1.82) is 0 Å². The van der Waals surface area contributed by atoms with Gasteiger partial charge in [-0.2, -0.15) is 0 Å². The highest BCUT2D eigenvalue weighted by atomic mass is 31.2. The second-order valence-corrected chi connectivity index (χ2v) is 4.81. The topological polar surface area (TPSA) is 96.2 Å². The van der Waals surface area contributed by atoms with Crippen LogP contribution in [0.15, 0.2) is 0 Å². The number of phosphoric ester groups is 1. The molecule has 0 aliphatic rings. The van der Waals surface area contributed by atoms with E-state index in [1.807, 2.05) is 0 Å². The van der Waals surface area contributed by atoms with Gasteiger partial charge >= 0.3 is 19.6 Å². The summed E-state index contributed by atoms with van der Waals surface area (Å²) in [5.41, 5.74) is 3.01. The molecule has 0 saturated heterocycles. The van der Waals surface area contributed by atoms with E-state index in [0.29, 0.717) is 13.1 Å². The van der Waals surface area contributed by atoms with Crippen LogP contribution >= 0.6 is 7.82 Å². The van der Waals surface area contributed by atoms with E-state index >= 15 is 0 Å². The van der Waals surface area contributed by atoms with Gasteiger partial charge in [0.2, 0.25) is 0 Å². The molecule has 0 fully saturated rings. The molecule has 2 amide bonds. The molecule has 0 aliphatic carbocycles. The average molecular weight is 295 g/mol. The third-order valence-corrected chi connectivity index (χ3v) is 3.46. The summed E-state index contributed by atoms with van der Waals surface area (Å²) < 4.78 is 25.8. The molecule has 0 N–H and O–H groups in total. The zero-order valence-corrected chi connectivity index (χ0v) is 12.5. The van der Waals surface area contributed by atoms with Crippen LogP contribution in [0.4, 0.5) is 0 Å². The summed E-state index contributed by atoms with van der Waals surface area (Å²) in [4.78, 5) is 24.3. The minimum absolute atomic E-state index is 0.0605. The van der Waals surface area contributed by atoms with Crippen molar-refractivity contribution in [2.45, 2.75) is 27.7 Å². The number of hydroxylamine groups is 1. The van der Waals surface area contributed by atoms with E-state index in [-0.39, 0.29) is 13.2 Å². The molecular formula is C10H20N2O6P. The van der Waals surface area contributed by atoms with Crippen LogP contribution in [0.25, 0.3) is 0 Å². The molecule has 0 aromatic rings. The first-order valence-electron chi connectivity index (χ1n) is 6.06. The Bertz CT molecular complexity index is 335. The van der Waals surface area contributed by atoms with Gasteiger partial charge in [0.25, 0.3) is 0 Å². The number of phosphoric acid groups is 1. The Balaban J connectivity index is 4.48. The number of nitrogens with zero attached hydrogens (tertiary/aromatic N) is 2. The van der Waals surface area contributed by atoms with Crippen molar-refractivity contribution in [2.75, 3.05) is 26.3 Å². The van der Waals surface area contributed by atoms with Crippen LogP contribution in [0, 0.1) is 0 Å². The third kappa shape index (κ3) is 6.15. The number of rotatable bonds is 8. The first-order valence-corrected chi connectivity index (χ1v) is 7.52. The fourth-order valence-electron chi connectivity index (χ4n) is 1.17. The fraction of sp³-hybridized carbons (Fsp3) is 0.800. The molecule has 0 heterocycles. The van der Waals surface area contributed by atoms with E-state index in [4.69, 9.17) is 9.05 Å². The Morgan fingerprint density at radius 1 is 1.05 bits per heavy atom. The van der Waals surface area contributed by atoms with Crippen molar-refractivity contribution in [3.63, 3.8) is 0 Å². The smallest absolute Gasteiger partial charge is 0.335 e. The van der Waals surface area contributed by atoms with Gasteiger partial charge in [-0.1, -0.05) is 5.48 Å². The predicted molar refractivity (Wildman–Crippen MR) is 67.0 cm³/mol. The number of hydrogen-bond donors (Lipinski definition) is 0. The standard InChI is InChI=1S/C10H20N2O6P/c1-5-12(6-2)10(14)9(13)11-18-19(15,16-7-3)17-8-4/h5-8H2,1-4H3. The summed E-state index contributed by atoms with van der Waals surface area (Å²) in [5.74, 6) is -1.98. The van der Waals surface area contributed by atoms with Crippen molar-refractivity contribution < 1.29 is 27.8 Å². The maximum absolute atomic E-state index is 11.8. The largest absolute Gasteiger partial charge is 0.498 e. The maximum Gasteiger partial charge on any atom is 0.498 e. The minimum Gasteiger partial charge on any atom is -0.335 e. The van der Waals surface area contributed by atoms with Crippen LogP contribution in [-0.4, -0.2) is 43.0 Å². The number of carbonyl (C=O) groups is 2. The minimum atomic E-state index is -3.92. The molecule has 19 heavy (non-hydrogen) atoms. The quantitative estimate of drug-likeness (QED) is 0.378. The first kappa shape index (κ1) is 18.0. The molecule has 8 nitrogen and oxygen atoms in total. The highest BCUT2D eigenvalue weighted by molar-refractivity contribution is 7.48. The van der Waals surface area contributed by atoms with E-state index in [2.05, 4.69) is 10.1 Å². The van der Waals surface area contributed by atoms with E-state index in [1.54, 1.807) is 27.7 Å². The van der Waals surface area contributed by atoms with Crippen molar-refractivity contribution in [1.82, 2.24) is 10.4 Å². The second kappa shape index (κ2) is 9.03. The van der Waals surface area contributed by atoms with E-state index < -0.39 is 19.6 Å². The Hall–Kier alpha value is -0.950. The first-order chi connectivity index (χ1) is 8.94. The molecule has 9 heteroatoms. The predicted octanol–water partition coefficient (Wildman–Crippen LogP) is 1.10. The molecule has 1 radical (unpaired) electrons. The van der Waals surface area contributed by atoms with E-state index in [9.17, 15) is 14.2 Å². The van der Waals surface area contributed by atoms with Crippen molar-refractivity contribution in [3.8, 4) is 0 Å². The SMILES string of the molecule is CCOP(=O)(OCC)O[N]C(=O)C(=O)N(CC)CC. The van der Waals surface area contributed by atoms with E-state index in [1.165, 1.54) is 4.90 Å². The molecular weight excluding hydrogens is 275 g/mol. The molecule has 0 aromatic heterocycles. The zero-order valence-electron chi connectivity index (χ0n) is 11.6. The lowest BCUT2D eigenvalue weighted by Crippen LogP contribution is -2.40. The van der Waals surface area contributed by atoms with Crippen molar-refractivity contribution >= 4 is 19.6 Å². The molecule has 0 unspecified atom stereocenters. The van der Waals surface area contributed by atoms with Gasteiger partial charge in [-0.15, -0.1) is 4.62 Å². The number of amides is 2. The Labute approximate surface area is 113 Å². The van der Waals surface area contributed by atoms with Gasteiger partial charge in [-0.25, -0.2) is 4.57 Å². The normalized spacial score (nSPS) is 11.2. The van der Waals surface area contributed by atoms with Crippen LogP contribution < -0.4 is 5.48 Å². The molecule has 0 bridgehead atoms. The second-order valence-electron chi connectivity index (χ2n) is 3.24. The van der Waals surface area contributed by atoms with Crippen LogP contribution in [0.2, 0.25) is 0 Å². The monoisotopic (exact) mass is 295 g/mol. The Morgan fingerprint density at radius 3 is 1.89 bits per heavy atom. The Kier molecular flexibility index (Phi) is 8.58. The van der Waals surface area contributed by atoms with Gasteiger partial charge in [0.1, 0.15) is 0 Å².